The van der Waals surface area contributed by atoms with Gasteiger partial charge in [0.1, 0.15) is 5.84 Å². The van der Waals surface area contributed by atoms with Crippen LogP contribution in [0.5, 0.6) is 0 Å². The lowest BCUT2D eigenvalue weighted by molar-refractivity contribution is 0.685. The van der Waals surface area contributed by atoms with E-state index in [1.54, 1.807) is 0 Å². The van der Waals surface area contributed by atoms with Crippen LogP contribution in [0.4, 0.5) is 0 Å². The molecule has 1 unspecified atom stereocenters. The first-order valence-corrected chi connectivity index (χ1v) is 4.16. The summed E-state index contributed by atoms with van der Waals surface area (Å²) in [6, 6.07) is 0.315. The molecule has 3 heteroatoms. The maximum atomic E-state index is 5.32. The van der Waals surface area contributed by atoms with Gasteiger partial charge in [-0.05, 0) is 20.3 Å². The van der Waals surface area contributed by atoms with Crippen molar-refractivity contribution in [3.05, 3.63) is 0 Å². The zero-order valence-corrected chi connectivity index (χ0v) is 7.89. The van der Waals surface area contributed by atoms with Crippen molar-refractivity contribution >= 4 is 5.84 Å². The molecule has 0 spiro atoms. The Labute approximate surface area is 69.0 Å². The number of hydrazine groups is 1. The third-order valence-corrected chi connectivity index (χ3v) is 1.62. The molecule has 0 aliphatic heterocycles. The second kappa shape index (κ2) is 5.13. The van der Waals surface area contributed by atoms with Crippen molar-refractivity contribution in [3.63, 3.8) is 0 Å². The first kappa shape index (κ1) is 10.4. The lowest BCUT2D eigenvalue weighted by Crippen LogP contribution is -2.35. The van der Waals surface area contributed by atoms with E-state index in [2.05, 4.69) is 24.3 Å². The zero-order valence-electron chi connectivity index (χ0n) is 7.89. The molecule has 0 saturated heterocycles. The van der Waals surface area contributed by atoms with Crippen LogP contribution in [-0.4, -0.2) is 11.9 Å². The third kappa shape index (κ3) is 3.98. The number of nitrogens with zero attached hydrogens (tertiary/aromatic N) is 1. The molecule has 0 aromatic carbocycles. The van der Waals surface area contributed by atoms with Crippen LogP contribution in [0.15, 0.2) is 4.99 Å². The van der Waals surface area contributed by atoms with Crippen molar-refractivity contribution in [2.75, 3.05) is 0 Å². The van der Waals surface area contributed by atoms with Gasteiger partial charge in [0.05, 0.1) is 0 Å². The Morgan fingerprint density at radius 2 is 2.00 bits per heavy atom. The Kier molecular flexibility index (Phi) is 4.86. The van der Waals surface area contributed by atoms with Crippen LogP contribution in [0, 0.1) is 5.92 Å². The normalized spacial score (nSPS) is 15.3. The minimum atomic E-state index is 0.315. The molecule has 66 valence electrons. The van der Waals surface area contributed by atoms with Crippen LogP contribution in [0.1, 0.15) is 34.1 Å². The smallest absolute Gasteiger partial charge is 0.113 e. The van der Waals surface area contributed by atoms with E-state index >= 15 is 0 Å². The fourth-order valence-corrected chi connectivity index (χ4v) is 0.778. The fraction of sp³-hybridized carbons (Fsp3) is 0.875. The summed E-state index contributed by atoms with van der Waals surface area (Å²) in [5, 5.41) is 0. The Hall–Kier alpha value is -0.570. The third-order valence-electron chi connectivity index (χ3n) is 1.62. The van der Waals surface area contributed by atoms with Gasteiger partial charge in [-0.1, -0.05) is 13.8 Å². The van der Waals surface area contributed by atoms with Crippen molar-refractivity contribution in [2.45, 2.75) is 40.2 Å². The molecule has 0 aromatic heterocycles. The van der Waals surface area contributed by atoms with Crippen LogP contribution >= 0.6 is 0 Å². The zero-order chi connectivity index (χ0) is 8.85. The van der Waals surface area contributed by atoms with E-state index in [0.29, 0.717) is 12.0 Å². The predicted octanol–water partition coefficient (Wildman–Crippen LogP) is 1.30. The monoisotopic (exact) mass is 157 g/mol. The van der Waals surface area contributed by atoms with E-state index in [-0.39, 0.29) is 0 Å². The van der Waals surface area contributed by atoms with E-state index in [9.17, 15) is 0 Å². The van der Waals surface area contributed by atoms with Crippen LogP contribution in [0.25, 0.3) is 0 Å². The van der Waals surface area contributed by atoms with Crippen molar-refractivity contribution in [3.8, 4) is 0 Å². The van der Waals surface area contributed by atoms with E-state index in [1.165, 1.54) is 0 Å². The maximum Gasteiger partial charge on any atom is 0.113 e. The number of hydrogen-bond donors (Lipinski definition) is 2. The van der Waals surface area contributed by atoms with Crippen molar-refractivity contribution in [1.29, 1.82) is 0 Å². The minimum Gasteiger partial charge on any atom is -0.312 e. The Balaban J connectivity index is 4.14. The standard InChI is InChI=1S/C8H19N3/c1-5-7(4)8(11-9)10-6(2)3/h6-7H,5,9H2,1-4H3,(H,10,11). The largest absolute Gasteiger partial charge is 0.312 e. The predicted molar refractivity (Wildman–Crippen MR) is 49.3 cm³/mol. The molecular formula is C8H19N3. The molecule has 0 saturated carbocycles. The van der Waals surface area contributed by atoms with Gasteiger partial charge in [0.15, 0.2) is 0 Å². The number of aliphatic imine (C=N–C) groups is 1. The summed E-state index contributed by atoms with van der Waals surface area (Å²) in [4.78, 5) is 4.35. The van der Waals surface area contributed by atoms with Crippen LogP contribution in [-0.2, 0) is 0 Å². The van der Waals surface area contributed by atoms with Crippen molar-refractivity contribution < 1.29 is 0 Å². The summed E-state index contributed by atoms with van der Waals surface area (Å²) in [6.07, 6.45) is 1.07. The summed E-state index contributed by atoms with van der Waals surface area (Å²) in [6.45, 7) is 8.32. The summed E-state index contributed by atoms with van der Waals surface area (Å²) >= 11 is 0. The Morgan fingerprint density at radius 3 is 2.27 bits per heavy atom. The molecule has 3 nitrogen and oxygen atoms in total. The summed E-state index contributed by atoms with van der Waals surface area (Å²) in [7, 11) is 0. The van der Waals surface area contributed by atoms with Gasteiger partial charge < -0.3 is 5.43 Å². The van der Waals surface area contributed by atoms with Crippen LogP contribution in [0.2, 0.25) is 0 Å². The Morgan fingerprint density at radius 1 is 1.45 bits per heavy atom. The van der Waals surface area contributed by atoms with Gasteiger partial charge in [-0.25, -0.2) is 5.84 Å². The van der Waals surface area contributed by atoms with Gasteiger partial charge >= 0.3 is 0 Å². The van der Waals surface area contributed by atoms with Gasteiger partial charge in [0.2, 0.25) is 0 Å². The van der Waals surface area contributed by atoms with Crippen molar-refractivity contribution in [1.82, 2.24) is 5.43 Å². The lowest BCUT2D eigenvalue weighted by Gasteiger charge is -2.12. The molecule has 1 atom stereocenters. The highest BCUT2D eigenvalue weighted by atomic mass is 15.3. The van der Waals surface area contributed by atoms with Crippen LogP contribution in [0.3, 0.4) is 0 Å². The number of hydrogen-bond acceptors (Lipinski definition) is 2. The highest BCUT2D eigenvalue weighted by molar-refractivity contribution is 5.83. The summed E-state index contributed by atoms with van der Waals surface area (Å²) in [5.41, 5.74) is 2.63. The lowest BCUT2D eigenvalue weighted by atomic mass is 10.1. The average Bonchev–Trinajstić information content (AvgIpc) is 1.98. The molecule has 0 aliphatic rings. The molecule has 0 bridgehead atoms. The van der Waals surface area contributed by atoms with Gasteiger partial charge in [-0.2, -0.15) is 0 Å². The molecule has 0 amide bonds. The van der Waals surface area contributed by atoms with Gasteiger partial charge in [-0.15, -0.1) is 0 Å². The molecule has 0 aliphatic carbocycles. The molecule has 0 radical (unpaired) electrons. The summed E-state index contributed by atoms with van der Waals surface area (Å²) < 4.78 is 0. The van der Waals surface area contributed by atoms with E-state index < -0.39 is 0 Å². The molecule has 0 rings (SSSR count). The van der Waals surface area contributed by atoms with Crippen LogP contribution < -0.4 is 11.3 Å². The fourth-order valence-electron chi connectivity index (χ4n) is 0.778. The molecule has 0 aromatic rings. The number of nitrogens with one attached hydrogen (secondary N) is 1. The first-order chi connectivity index (χ1) is 5.11. The van der Waals surface area contributed by atoms with Gasteiger partial charge in [0, 0.05) is 12.0 Å². The van der Waals surface area contributed by atoms with Gasteiger partial charge in [-0.3, -0.25) is 4.99 Å². The topological polar surface area (TPSA) is 50.4 Å². The first-order valence-electron chi connectivity index (χ1n) is 4.16. The second-order valence-corrected chi connectivity index (χ2v) is 3.06. The minimum absolute atomic E-state index is 0.315. The van der Waals surface area contributed by atoms with E-state index in [0.717, 1.165) is 12.3 Å². The quantitative estimate of drug-likeness (QED) is 0.281. The Bertz CT molecular complexity index is 129. The van der Waals surface area contributed by atoms with E-state index in [1.807, 2.05) is 13.8 Å². The number of nitrogens with two attached hydrogens (primary N) is 1. The maximum absolute atomic E-state index is 5.32. The molecule has 0 heterocycles. The molecular weight excluding hydrogens is 138 g/mol. The average molecular weight is 157 g/mol. The highest BCUT2D eigenvalue weighted by Gasteiger charge is 2.06. The second-order valence-electron chi connectivity index (χ2n) is 3.06. The molecule has 11 heavy (non-hydrogen) atoms. The van der Waals surface area contributed by atoms with Crippen molar-refractivity contribution in [2.24, 2.45) is 16.8 Å². The number of amidine groups is 1. The molecule has 3 N–H and O–H groups in total. The SMILES string of the molecule is CCC(C)C(=NC(C)C)NN. The van der Waals surface area contributed by atoms with E-state index in [4.69, 9.17) is 5.84 Å². The molecule has 0 fully saturated rings. The highest BCUT2D eigenvalue weighted by Crippen LogP contribution is 2.02. The summed E-state index contributed by atoms with van der Waals surface area (Å²) in [5.74, 6) is 6.65. The van der Waals surface area contributed by atoms with Gasteiger partial charge in [0.25, 0.3) is 0 Å². The number of rotatable bonds is 3.